The van der Waals surface area contributed by atoms with Crippen molar-refractivity contribution in [2.75, 3.05) is 26.1 Å². The maximum Gasteiger partial charge on any atom is 0.355 e. The minimum atomic E-state index is -3.59. The van der Waals surface area contributed by atoms with Gasteiger partial charge in [-0.25, -0.2) is 9.59 Å². The molecule has 11 nitrogen and oxygen atoms in total. The zero-order valence-electron chi connectivity index (χ0n) is 21.8. The summed E-state index contributed by atoms with van der Waals surface area (Å²) in [4.78, 5) is 49.6. The summed E-state index contributed by atoms with van der Waals surface area (Å²) >= 11 is 2.05. The number of halogens is 1. The van der Waals surface area contributed by atoms with Crippen molar-refractivity contribution in [3.8, 4) is 5.75 Å². The number of hydrogen-bond acceptors (Lipinski definition) is 10. The van der Waals surface area contributed by atoms with Crippen LogP contribution in [0.4, 0.5) is 0 Å². The van der Waals surface area contributed by atoms with Crippen LogP contribution in [0.5, 0.6) is 5.75 Å². The summed E-state index contributed by atoms with van der Waals surface area (Å²) in [6, 6.07) is 4.59. The van der Waals surface area contributed by atoms with Crippen LogP contribution < -0.4 is 4.74 Å². The summed E-state index contributed by atoms with van der Waals surface area (Å²) in [5.74, 6) is -3.17. The number of rotatable bonds is 14. The van der Waals surface area contributed by atoms with E-state index in [-0.39, 0.29) is 38.0 Å². The minimum absolute atomic E-state index is 0.00979. The summed E-state index contributed by atoms with van der Waals surface area (Å²) in [5.41, 5.74) is 1.27. The third-order valence-electron chi connectivity index (χ3n) is 6.38. The lowest BCUT2D eigenvalue weighted by Crippen LogP contribution is -2.63. The fourth-order valence-electron chi connectivity index (χ4n) is 4.49. The van der Waals surface area contributed by atoms with Gasteiger partial charge in [-0.3, -0.25) is 13.9 Å². The molecule has 2 heterocycles. The van der Waals surface area contributed by atoms with Gasteiger partial charge in [-0.1, -0.05) is 38.6 Å². The first-order chi connectivity index (χ1) is 18.4. The molecule has 39 heavy (non-hydrogen) atoms. The van der Waals surface area contributed by atoms with Crippen molar-refractivity contribution in [2.24, 2.45) is 17.8 Å². The molecule has 0 spiro atoms. The maximum absolute atomic E-state index is 13.2. The molecule has 3 rings (SSSR count). The second kappa shape index (κ2) is 13.1. The molecule has 1 saturated heterocycles. The van der Waals surface area contributed by atoms with Crippen LogP contribution in [0.25, 0.3) is 0 Å². The van der Waals surface area contributed by atoms with E-state index in [1.54, 1.807) is 25.1 Å². The first-order valence-electron chi connectivity index (χ1n) is 11.9. The van der Waals surface area contributed by atoms with Crippen LogP contribution in [-0.4, -0.2) is 63.3 Å². The van der Waals surface area contributed by atoms with Gasteiger partial charge in [0.25, 0.3) is 10.1 Å². The van der Waals surface area contributed by atoms with Gasteiger partial charge in [0.15, 0.2) is 0 Å². The quantitative estimate of drug-likeness (QED) is 0.0424. The van der Waals surface area contributed by atoms with Crippen molar-refractivity contribution >= 4 is 50.6 Å². The summed E-state index contributed by atoms with van der Waals surface area (Å²) in [6.07, 6.45) is 3.81. The predicted octanol–water partition coefficient (Wildman–Crippen LogP) is 2.90. The van der Waals surface area contributed by atoms with E-state index in [0.717, 1.165) is 6.26 Å². The Balaban J connectivity index is 1.80. The molecule has 2 aliphatic rings. The van der Waals surface area contributed by atoms with E-state index in [2.05, 4.69) is 13.2 Å². The molecule has 4 atom stereocenters. The van der Waals surface area contributed by atoms with E-state index in [0.29, 0.717) is 20.5 Å². The fraction of sp³-hybridized carbons (Fsp3) is 0.423. The highest BCUT2D eigenvalue weighted by atomic mass is 127. The monoisotopic (exact) mass is 675 g/mol. The van der Waals surface area contributed by atoms with Gasteiger partial charge < -0.3 is 14.4 Å². The zero-order valence-corrected chi connectivity index (χ0v) is 24.7. The lowest BCUT2D eigenvalue weighted by Gasteiger charge is -2.47. The molecule has 1 amide bonds. The molecule has 0 N–H and O–H groups in total. The second-order valence-electron chi connectivity index (χ2n) is 9.06. The van der Waals surface area contributed by atoms with Gasteiger partial charge in [0, 0.05) is 11.5 Å². The molecule has 1 aromatic carbocycles. The summed E-state index contributed by atoms with van der Waals surface area (Å²) in [5, 5.41) is 0. The topological polar surface area (TPSA) is 135 Å². The number of ether oxygens (including phenoxy) is 2. The average Bonchev–Trinajstić information content (AvgIpc) is 3.13. The summed E-state index contributed by atoms with van der Waals surface area (Å²) in [7, 11) is -3.59. The molecule has 212 valence electrons. The minimum Gasteiger partial charge on any atom is -0.488 e. The van der Waals surface area contributed by atoms with E-state index >= 15 is 0 Å². The van der Waals surface area contributed by atoms with Gasteiger partial charge >= 0.3 is 11.9 Å². The van der Waals surface area contributed by atoms with Crippen LogP contribution in [0.1, 0.15) is 19.4 Å². The van der Waals surface area contributed by atoms with E-state index in [1.165, 1.54) is 17.1 Å². The Hall–Kier alpha value is -2.75. The van der Waals surface area contributed by atoms with Crippen LogP contribution in [-0.2, 0) is 49.8 Å². The number of benzene rings is 1. The number of carbonyl (C=O) groups is 3. The maximum atomic E-state index is 13.2. The Morgan fingerprint density at radius 1 is 1.18 bits per heavy atom. The lowest BCUT2D eigenvalue weighted by molar-refractivity contribution is -0.271. The van der Waals surface area contributed by atoms with Gasteiger partial charge in [0.05, 0.1) is 34.3 Å². The van der Waals surface area contributed by atoms with Crippen molar-refractivity contribution in [1.29, 1.82) is 0 Å². The second-order valence-corrected chi connectivity index (χ2v) is 11.9. The van der Waals surface area contributed by atoms with Crippen LogP contribution in [0, 0.1) is 21.3 Å². The van der Waals surface area contributed by atoms with Gasteiger partial charge in [-0.2, -0.15) is 13.3 Å². The van der Waals surface area contributed by atoms with Gasteiger partial charge in [0.2, 0.25) is 5.91 Å². The molecule has 0 aliphatic carbocycles. The standard InChI is InChI=1S/C26H30INO10S/c1-6-10-34-26(31)23-18(14-35-20-9-8-17(12-19(20)27)13-37-39(5,32)33)15(3)22-21(24(29)28(22)23)16(4)25(30)38-36-11-7-2/h6-9,12,15-16,21-22H,1-2,10-11,13-14H2,3-5H3/t15-,16?,21?,22?/m0/s1. The Morgan fingerprint density at radius 2 is 1.87 bits per heavy atom. The van der Waals surface area contributed by atoms with E-state index in [1.807, 2.05) is 29.5 Å². The summed E-state index contributed by atoms with van der Waals surface area (Å²) < 4.78 is 39.4. The first kappa shape index (κ1) is 30.8. The van der Waals surface area contributed by atoms with Crippen molar-refractivity contribution < 1.29 is 46.2 Å². The van der Waals surface area contributed by atoms with E-state index in [4.69, 9.17) is 23.4 Å². The smallest absolute Gasteiger partial charge is 0.355 e. The molecule has 13 heteroatoms. The van der Waals surface area contributed by atoms with Crippen molar-refractivity contribution in [1.82, 2.24) is 4.90 Å². The van der Waals surface area contributed by atoms with Gasteiger partial charge in [-0.05, 0) is 40.3 Å². The van der Waals surface area contributed by atoms with Crippen LogP contribution in [0.2, 0.25) is 0 Å². The van der Waals surface area contributed by atoms with Gasteiger partial charge in [0.1, 0.15) is 31.3 Å². The predicted molar refractivity (Wildman–Crippen MR) is 147 cm³/mol. The largest absolute Gasteiger partial charge is 0.488 e. The molecule has 0 saturated carbocycles. The Bertz CT molecular complexity index is 1290. The molecular formula is C26H30INO10S. The lowest BCUT2D eigenvalue weighted by atomic mass is 9.74. The SMILES string of the molecule is C=CCOOC(=O)C(C)C1C(=O)N2C(C(=O)OCC=C)=C(COc3ccc(COS(C)(=O)=O)cc3I)[C@H](C)C12. The number of amides is 1. The molecule has 1 aromatic rings. The molecule has 3 unspecified atom stereocenters. The highest BCUT2D eigenvalue weighted by Gasteiger charge is 2.61. The van der Waals surface area contributed by atoms with Crippen molar-refractivity contribution in [3.63, 3.8) is 0 Å². The summed E-state index contributed by atoms with van der Waals surface area (Å²) in [6.45, 7) is 10.3. The number of hydrogen-bond donors (Lipinski definition) is 0. The highest BCUT2D eigenvalue weighted by Crippen LogP contribution is 2.49. The fourth-order valence-corrected chi connectivity index (χ4v) is 5.57. The third-order valence-corrected chi connectivity index (χ3v) is 7.77. The molecule has 0 bridgehead atoms. The van der Waals surface area contributed by atoms with E-state index < -0.39 is 45.8 Å². The van der Waals surface area contributed by atoms with Crippen LogP contribution in [0.3, 0.4) is 0 Å². The number of esters is 1. The van der Waals surface area contributed by atoms with Gasteiger partial charge in [-0.15, -0.1) is 6.58 Å². The number of carbonyl (C=O) groups excluding carboxylic acids is 3. The molecule has 1 fully saturated rings. The molecule has 0 radical (unpaired) electrons. The normalized spacial score (nSPS) is 21.1. The zero-order chi connectivity index (χ0) is 28.9. The van der Waals surface area contributed by atoms with Crippen LogP contribution in [0.15, 0.2) is 54.8 Å². The Morgan fingerprint density at radius 3 is 2.49 bits per heavy atom. The third kappa shape index (κ3) is 7.07. The molecule has 2 aliphatic heterocycles. The first-order valence-corrected chi connectivity index (χ1v) is 14.8. The Labute approximate surface area is 240 Å². The van der Waals surface area contributed by atoms with Crippen molar-refractivity contribution in [3.05, 3.63) is 63.9 Å². The number of fused-ring (bicyclic) bond motifs is 1. The van der Waals surface area contributed by atoms with E-state index in [9.17, 15) is 22.8 Å². The van der Waals surface area contributed by atoms with Crippen LogP contribution >= 0.6 is 22.6 Å². The highest BCUT2D eigenvalue weighted by molar-refractivity contribution is 14.1. The average molecular weight is 675 g/mol. The molecule has 0 aromatic heterocycles. The van der Waals surface area contributed by atoms with Crippen molar-refractivity contribution in [2.45, 2.75) is 26.5 Å². The number of β-lactam (4-membered cyclic amide) rings is 1. The Kier molecular flexibility index (Phi) is 10.3. The number of nitrogens with zero attached hydrogens (tertiary/aromatic N) is 1. The molecular weight excluding hydrogens is 645 g/mol.